The Hall–Kier alpha value is -1.65. The van der Waals surface area contributed by atoms with Gasteiger partial charge in [0.25, 0.3) is 0 Å². The van der Waals surface area contributed by atoms with Gasteiger partial charge in [0.05, 0.1) is 25.6 Å². The molecule has 2 unspecified atom stereocenters. The number of aromatic nitrogens is 2. The van der Waals surface area contributed by atoms with Gasteiger partial charge in [-0.05, 0) is 80.8 Å². The maximum atomic E-state index is 6.54. The lowest BCUT2D eigenvalue weighted by Gasteiger charge is -2.30. The highest BCUT2D eigenvalue weighted by Gasteiger charge is 2.41. The first-order valence-corrected chi connectivity index (χ1v) is 10.7. The second-order valence-electron chi connectivity index (χ2n) is 8.44. The summed E-state index contributed by atoms with van der Waals surface area (Å²) in [6, 6.07) is 0. The molecule has 1 aromatic carbocycles. The average molecular weight is 385 g/mol. The molecular weight excluding hydrogens is 348 g/mol. The summed E-state index contributed by atoms with van der Waals surface area (Å²) in [6.45, 7) is 14.8. The molecule has 0 N–H and O–H groups in total. The maximum absolute atomic E-state index is 6.54. The number of hydrogen-bond donors (Lipinski definition) is 0. The zero-order valence-electron chi connectivity index (χ0n) is 18.5. The lowest BCUT2D eigenvalue weighted by molar-refractivity contribution is -0.182. The van der Waals surface area contributed by atoms with Gasteiger partial charge in [-0.25, -0.2) is 4.98 Å². The van der Waals surface area contributed by atoms with E-state index in [-0.39, 0.29) is 6.10 Å². The van der Waals surface area contributed by atoms with Crippen LogP contribution in [0, 0.1) is 34.6 Å². The molecule has 0 radical (unpaired) electrons. The molecule has 1 saturated heterocycles. The fraction of sp³-hybridized carbons (Fsp3) is 0.625. The largest absolute Gasteiger partial charge is 0.345 e. The van der Waals surface area contributed by atoms with Crippen molar-refractivity contribution in [3.05, 3.63) is 52.1 Å². The lowest BCUT2D eigenvalue weighted by Crippen LogP contribution is -2.37. The van der Waals surface area contributed by atoms with E-state index in [1.165, 1.54) is 46.2 Å². The average Bonchev–Trinajstić information content (AvgIpc) is 3.34. The van der Waals surface area contributed by atoms with Crippen molar-refractivity contribution >= 4 is 0 Å². The minimum atomic E-state index is -0.565. The van der Waals surface area contributed by atoms with Crippen LogP contribution in [0.1, 0.15) is 66.0 Å². The monoisotopic (exact) mass is 384 g/mol. The Morgan fingerprint density at radius 1 is 1.07 bits per heavy atom. The molecule has 0 amide bonds. The quantitative estimate of drug-likeness (QED) is 0.615. The van der Waals surface area contributed by atoms with Gasteiger partial charge >= 0.3 is 0 Å². The summed E-state index contributed by atoms with van der Waals surface area (Å²) in [5.74, 6) is -0.565. The Balaban J connectivity index is 1.81. The molecule has 0 bridgehead atoms. The first-order chi connectivity index (χ1) is 13.4. The van der Waals surface area contributed by atoms with Crippen LogP contribution in [0.4, 0.5) is 0 Å². The van der Waals surface area contributed by atoms with E-state index in [1.807, 2.05) is 18.7 Å². The molecule has 154 valence electrons. The normalized spacial score (nSPS) is 22.1. The Bertz CT molecular complexity index is 768. The van der Waals surface area contributed by atoms with Crippen molar-refractivity contribution in [2.24, 2.45) is 0 Å². The summed E-state index contributed by atoms with van der Waals surface area (Å²) in [7, 11) is 0. The van der Waals surface area contributed by atoms with Crippen molar-refractivity contribution in [1.29, 1.82) is 0 Å². The summed E-state index contributed by atoms with van der Waals surface area (Å²) in [5.41, 5.74) is 8.53. The van der Waals surface area contributed by atoms with Crippen LogP contribution in [0.15, 0.2) is 18.7 Å². The highest BCUT2D eigenvalue weighted by atomic mass is 16.7. The Morgan fingerprint density at radius 3 is 2.36 bits per heavy atom. The summed E-state index contributed by atoms with van der Waals surface area (Å²) < 4.78 is 15.0. The third-order valence-electron chi connectivity index (χ3n) is 6.69. The summed E-state index contributed by atoms with van der Waals surface area (Å²) in [4.78, 5) is 4.20. The topological polar surface area (TPSA) is 36.3 Å². The van der Waals surface area contributed by atoms with Crippen LogP contribution in [0.3, 0.4) is 0 Å². The predicted molar refractivity (Wildman–Crippen MR) is 114 cm³/mol. The fourth-order valence-corrected chi connectivity index (χ4v) is 4.41. The molecule has 1 aliphatic rings. The van der Waals surface area contributed by atoms with Gasteiger partial charge in [0.15, 0.2) is 5.79 Å². The SMILES string of the molecule is CCCCC1COC(CCc2c(C)c(C)c(C)c(C)c2C)(Cn2ccnc2)O1. The number of rotatable bonds is 8. The van der Waals surface area contributed by atoms with E-state index in [0.717, 1.165) is 19.3 Å². The number of hydrogen-bond acceptors (Lipinski definition) is 3. The second kappa shape index (κ2) is 8.79. The summed E-state index contributed by atoms with van der Waals surface area (Å²) >= 11 is 0. The third kappa shape index (κ3) is 4.33. The zero-order chi connectivity index (χ0) is 20.3. The fourth-order valence-electron chi connectivity index (χ4n) is 4.41. The minimum Gasteiger partial charge on any atom is -0.345 e. The number of ether oxygens (including phenoxy) is 2. The molecular formula is C24H36N2O2. The molecule has 0 aliphatic carbocycles. The van der Waals surface area contributed by atoms with E-state index in [9.17, 15) is 0 Å². The molecule has 3 rings (SSSR count). The van der Waals surface area contributed by atoms with Crippen molar-refractivity contribution < 1.29 is 9.47 Å². The minimum absolute atomic E-state index is 0.201. The number of benzene rings is 1. The van der Waals surface area contributed by atoms with Gasteiger partial charge < -0.3 is 14.0 Å². The molecule has 2 heterocycles. The van der Waals surface area contributed by atoms with E-state index in [2.05, 4.69) is 51.1 Å². The van der Waals surface area contributed by atoms with E-state index in [0.29, 0.717) is 13.2 Å². The second-order valence-corrected chi connectivity index (χ2v) is 8.44. The highest BCUT2D eigenvalue weighted by molar-refractivity contribution is 5.49. The van der Waals surface area contributed by atoms with Crippen LogP contribution in [-0.2, 0) is 22.4 Å². The standard InChI is InChI=1S/C24H36N2O2/c1-7-8-9-22-14-27-24(28-22,15-26-13-12-25-16-26)11-10-23-20(5)18(3)17(2)19(4)21(23)6/h12-13,16,22H,7-11,14-15H2,1-6H3. The van der Waals surface area contributed by atoms with Crippen LogP contribution < -0.4 is 0 Å². The number of imidazole rings is 1. The van der Waals surface area contributed by atoms with Crippen molar-refractivity contribution in [1.82, 2.24) is 9.55 Å². The van der Waals surface area contributed by atoms with Gasteiger partial charge in [-0.15, -0.1) is 0 Å². The van der Waals surface area contributed by atoms with Gasteiger partial charge in [0.1, 0.15) is 0 Å². The van der Waals surface area contributed by atoms with E-state index >= 15 is 0 Å². The van der Waals surface area contributed by atoms with Crippen LogP contribution in [-0.4, -0.2) is 28.0 Å². The van der Waals surface area contributed by atoms with Crippen molar-refractivity contribution in [2.75, 3.05) is 6.61 Å². The highest BCUT2D eigenvalue weighted by Crippen LogP contribution is 2.35. The molecule has 2 aromatic rings. The van der Waals surface area contributed by atoms with E-state index in [1.54, 1.807) is 0 Å². The van der Waals surface area contributed by atoms with Gasteiger partial charge in [0.2, 0.25) is 0 Å². The molecule has 1 fully saturated rings. The first kappa shape index (κ1) is 21.1. The zero-order valence-corrected chi connectivity index (χ0v) is 18.5. The number of unbranched alkanes of at least 4 members (excludes halogenated alkanes) is 1. The molecule has 2 atom stereocenters. The van der Waals surface area contributed by atoms with Crippen LogP contribution >= 0.6 is 0 Å². The molecule has 0 saturated carbocycles. The van der Waals surface area contributed by atoms with Gasteiger partial charge in [-0.1, -0.05) is 19.8 Å². The predicted octanol–water partition coefficient (Wildman–Crippen LogP) is 5.36. The molecule has 1 aliphatic heterocycles. The van der Waals surface area contributed by atoms with E-state index < -0.39 is 5.79 Å². The first-order valence-electron chi connectivity index (χ1n) is 10.7. The Kier molecular flexibility index (Phi) is 6.61. The molecule has 0 spiro atoms. The third-order valence-corrected chi connectivity index (χ3v) is 6.69. The lowest BCUT2D eigenvalue weighted by atomic mass is 9.87. The van der Waals surface area contributed by atoms with E-state index in [4.69, 9.17) is 9.47 Å². The van der Waals surface area contributed by atoms with Crippen molar-refractivity contribution in [3.8, 4) is 0 Å². The van der Waals surface area contributed by atoms with Crippen LogP contribution in [0.2, 0.25) is 0 Å². The summed E-state index contributed by atoms with van der Waals surface area (Å²) in [6.07, 6.45) is 11.1. The Labute approximate surface area is 170 Å². The van der Waals surface area contributed by atoms with Gasteiger partial charge in [-0.2, -0.15) is 0 Å². The smallest absolute Gasteiger partial charge is 0.187 e. The maximum Gasteiger partial charge on any atom is 0.187 e. The molecule has 28 heavy (non-hydrogen) atoms. The molecule has 4 heteroatoms. The van der Waals surface area contributed by atoms with Gasteiger partial charge in [-0.3, -0.25) is 0 Å². The van der Waals surface area contributed by atoms with Crippen LogP contribution in [0.5, 0.6) is 0 Å². The van der Waals surface area contributed by atoms with Crippen molar-refractivity contribution in [2.45, 2.75) is 92.1 Å². The molecule has 4 nitrogen and oxygen atoms in total. The Morgan fingerprint density at radius 2 is 1.75 bits per heavy atom. The van der Waals surface area contributed by atoms with Crippen molar-refractivity contribution in [3.63, 3.8) is 0 Å². The molecule has 1 aromatic heterocycles. The van der Waals surface area contributed by atoms with Crippen LogP contribution in [0.25, 0.3) is 0 Å². The number of nitrogens with zero attached hydrogens (tertiary/aromatic N) is 2. The van der Waals surface area contributed by atoms with Gasteiger partial charge in [0, 0.05) is 18.8 Å². The summed E-state index contributed by atoms with van der Waals surface area (Å²) in [5, 5.41) is 0.